The number of phenols is 1. The smallest absolute Gasteiger partial charge is 0.256 e. The van der Waals surface area contributed by atoms with Crippen molar-refractivity contribution in [3.05, 3.63) is 74.3 Å². The van der Waals surface area contributed by atoms with Crippen molar-refractivity contribution in [1.29, 1.82) is 0 Å². The van der Waals surface area contributed by atoms with Gasteiger partial charge < -0.3 is 14.8 Å². The van der Waals surface area contributed by atoms with Gasteiger partial charge in [-0.1, -0.05) is 12.1 Å². The third kappa shape index (κ3) is 3.70. The van der Waals surface area contributed by atoms with Gasteiger partial charge in [0.25, 0.3) is 5.91 Å². The Bertz CT molecular complexity index is 1170. The molecule has 1 heterocycles. The van der Waals surface area contributed by atoms with Gasteiger partial charge in [0.15, 0.2) is 5.58 Å². The van der Waals surface area contributed by atoms with E-state index in [0.29, 0.717) is 32.7 Å². The van der Waals surface area contributed by atoms with Gasteiger partial charge in [-0.2, -0.15) is 0 Å². The number of amides is 1. The molecule has 27 heavy (non-hydrogen) atoms. The first kappa shape index (κ1) is 18.0. The Morgan fingerprint density at radius 2 is 1.93 bits per heavy atom. The maximum atomic E-state index is 12.5. The molecule has 2 N–H and O–H groups in total. The summed E-state index contributed by atoms with van der Waals surface area (Å²) in [7, 11) is 0. The van der Waals surface area contributed by atoms with Crippen LogP contribution in [0.25, 0.3) is 22.6 Å². The number of rotatable bonds is 3. The summed E-state index contributed by atoms with van der Waals surface area (Å²) in [5.41, 5.74) is 3.24. The lowest BCUT2D eigenvalue weighted by molar-refractivity contribution is 0.102. The topological polar surface area (TPSA) is 75.4 Å². The summed E-state index contributed by atoms with van der Waals surface area (Å²) >= 11 is 5.42. The number of phenolic OH excluding ortho intramolecular Hbond substituents is 1. The van der Waals surface area contributed by atoms with Crippen LogP contribution in [0.5, 0.6) is 5.75 Å². The van der Waals surface area contributed by atoms with Crippen molar-refractivity contribution < 1.29 is 14.3 Å². The second-order valence-corrected chi connectivity index (χ2v) is 7.82. The number of nitrogens with one attached hydrogen (secondary N) is 1. The number of halogens is 2. The molecular formula is C20H12BrIN2O3. The van der Waals surface area contributed by atoms with Crippen molar-refractivity contribution in [3.63, 3.8) is 0 Å². The van der Waals surface area contributed by atoms with Gasteiger partial charge in [-0.05, 0) is 87.1 Å². The SMILES string of the molecule is O=C(Nc1ccc2oc(-c3ccc(O)c(Br)c3)nc2c1)c1ccccc1I. The van der Waals surface area contributed by atoms with E-state index in [0.717, 1.165) is 9.13 Å². The van der Waals surface area contributed by atoms with E-state index in [1.54, 1.807) is 42.5 Å². The van der Waals surface area contributed by atoms with Crippen LogP contribution in [0, 0.1) is 3.57 Å². The molecule has 134 valence electrons. The lowest BCUT2D eigenvalue weighted by Gasteiger charge is -2.06. The number of fused-ring (bicyclic) bond motifs is 1. The van der Waals surface area contributed by atoms with Crippen LogP contribution in [0.15, 0.2) is 69.6 Å². The molecule has 0 saturated carbocycles. The average Bonchev–Trinajstić information content (AvgIpc) is 3.07. The van der Waals surface area contributed by atoms with Gasteiger partial charge in [0.2, 0.25) is 5.89 Å². The molecule has 0 radical (unpaired) electrons. The molecule has 0 bridgehead atoms. The van der Waals surface area contributed by atoms with Crippen molar-refractivity contribution in [1.82, 2.24) is 4.98 Å². The molecule has 0 fully saturated rings. The Balaban J connectivity index is 1.64. The van der Waals surface area contributed by atoms with Crippen molar-refractivity contribution in [3.8, 4) is 17.2 Å². The van der Waals surface area contributed by atoms with E-state index in [-0.39, 0.29) is 11.7 Å². The Labute approximate surface area is 176 Å². The molecule has 3 aromatic carbocycles. The number of hydrogen-bond donors (Lipinski definition) is 2. The van der Waals surface area contributed by atoms with E-state index >= 15 is 0 Å². The Morgan fingerprint density at radius 3 is 2.70 bits per heavy atom. The number of nitrogens with zero attached hydrogens (tertiary/aromatic N) is 1. The predicted molar refractivity (Wildman–Crippen MR) is 116 cm³/mol. The quantitative estimate of drug-likeness (QED) is 0.325. The fourth-order valence-corrected chi connectivity index (χ4v) is 3.62. The minimum atomic E-state index is -0.175. The summed E-state index contributed by atoms with van der Waals surface area (Å²) in [6, 6.07) is 17.7. The van der Waals surface area contributed by atoms with Gasteiger partial charge in [0.1, 0.15) is 11.3 Å². The lowest BCUT2D eigenvalue weighted by atomic mass is 10.2. The highest BCUT2D eigenvalue weighted by molar-refractivity contribution is 14.1. The normalized spacial score (nSPS) is 10.9. The zero-order chi connectivity index (χ0) is 19.0. The summed E-state index contributed by atoms with van der Waals surface area (Å²) in [6.45, 7) is 0. The molecule has 0 aliphatic heterocycles. The molecule has 1 amide bonds. The Hall–Kier alpha value is -2.39. The third-order valence-electron chi connectivity index (χ3n) is 3.96. The van der Waals surface area contributed by atoms with Crippen LogP contribution in [0.3, 0.4) is 0 Å². The van der Waals surface area contributed by atoms with Crippen LogP contribution in [0.4, 0.5) is 5.69 Å². The van der Waals surface area contributed by atoms with Crippen molar-refractivity contribution in [2.75, 3.05) is 5.32 Å². The van der Waals surface area contributed by atoms with Gasteiger partial charge in [0.05, 0.1) is 10.0 Å². The highest BCUT2D eigenvalue weighted by Gasteiger charge is 2.13. The number of hydrogen-bond acceptors (Lipinski definition) is 4. The largest absolute Gasteiger partial charge is 0.507 e. The van der Waals surface area contributed by atoms with Crippen LogP contribution >= 0.6 is 38.5 Å². The van der Waals surface area contributed by atoms with E-state index in [1.807, 2.05) is 18.2 Å². The highest BCUT2D eigenvalue weighted by atomic mass is 127. The van der Waals surface area contributed by atoms with E-state index in [9.17, 15) is 9.90 Å². The van der Waals surface area contributed by atoms with Gasteiger partial charge in [-0.15, -0.1) is 0 Å². The summed E-state index contributed by atoms with van der Waals surface area (Å²) in [4.78, 5) is 17.0. The lowest BCUT2D eigenvalue weighted by Crippen LogP contribution is -2.13. The fourth-order valence-electron chi connectivity index (χ4n) is 2.61. The predicted octanol–water partition coefficient (Wildman–Crippen LogP) is 5.82. The summed E-state index contributed by atoms with van der Waals surface area (Å²) in [5.74, 6) is 0.410. The molecule has 5 nitrogen and oxygen atoms in total. The number of carbonyl (C=O) groups is 1. The molecule has 0 aliphatic rings. The zero-order valence-corrected chi connectivity index (χ0v) is 17.5. The summed E-state index contributed by atoms with van der Waals surface area (Å²) in [6.07, 6.45) is 0. The molecule has 0 aliphatic carbocycles. The van der Waals surface area contributed by atoms with Crippen LogP contribution < -0.4 is 5.32 Å². The standard InChI is InChI=1S/C20H12BrIN2O3/c21-14-9-11(5-7-17(14)25)20-24-16-10-12(6-8-18(16)27-20)23-19(26)13-3-1-2-4-15(13)22/h1-10,25H,(H,23,26). The first-order valence-electron chi connectivity index (χ1n) is 7.96. The monoisotopic (exact) mass is 534 g/mol. The Morgan fingerprint density at radius 1 is 1.11 bits per heavy atom. The van der Waals surface area contributed by atoms with E-state index in [1.165, 1.54) is 0 Å². The van der Waals surface area contributed by atoms with Crippen LogP contribution in [0.1, 0.15) is 10.4 Å². The fraction of sp³-hybridized carbons (Fsp3) is 0. The number of oxazole rings is 1. The molecule has 0 saturated heterocycles. The molecular weight excluding hydrogens is 523 g/mol. The highest BCUT2D eigenvalue weighted by Crippen LogP contribution is 2.31. The van der Waals surface area contributed by atoms with Crippen molar-refractivity contribution in [2.45, 2.75) is 0 Å². The van der Waals surface area contributed by atoms with Crippen LogP contribution in [0.2, 0.25) is 0 Å². The minimum Gasteiger partial charge on any atom is -0.507 e. The van der Waals surface area contributed by atoms with Crippen LogP contribution in [-0.4, -0.2) is 16.0 Å². The van der Waals surface area contributed by atoms with Gasteiger partial charge in [-0.25, -0.2) is 4.98 Å². The number of aromatic hydroxyl groups is 1. The van der Waals surface area contributed by atoms with E-state index in [4.69, 9.17) is 4.42 Å². The molecule has 1 aromatic heterocycles. The number of anilines is 1. The first-order chi connectivity index (χ1) is 13.0. The Kier molecular flexibility index (Phi) is 4.88. The van der Waals surface area contributed by atoms with Crippen molar-refractivity contribution in [2.24, 2.45) is 0 Å². The third-order valence-corrected chi connectivity index (χ3v) is 5.53. The maximum Gasteiger partial charge on any atom is 0.256 e. The van der Waals surface area contributed by atoms with Crippen LogP contribution in [-0.2, 0) is 0 Å². The van der Waals surface area contributed by atoms with Gasteiger partial charge in [-0.3, -0.25) is 4.79 Å². The number of carbonyl (C=O) groups excluding carboxylic acids is 1. The van der Waals surface area contributed by atoms with E-state index in [2.05, 4.69) is 48.8 Å². The van der Waals surface area contributed by atoms with Gasteiger partial charge in [0, 0.05) is 14.8 Å². The molecule has 4 rings (SSSR count). The van der Waals surface area contributed by atoms with Crippen molar-refractivity contribution >= 4 is 61.2 Å². The molecule has 0 spiro atoms. The molecule has 0 atom stereocenters. The first-order valence-corrected chi connectivity index (χ1v) is 9.84. The maximum absolute atomic E-state index is 12.5. The second kappa shape index (κ2) is 7.32. The number of benzene rings is 3. The van der Waals surface area contributed by atoms with E-state index < -0.39 is 0 Å². The van der Waals surface area contributed by atoms with Gasteiger partial charge >= 0.3 is 0 Å². The molecule has 7 heteroatoms. The zero-order valence-electron chi connectivity index (χ0n) is 13.7. The molecule has 0 unspecified atom stereocenters. The molecule has 4 aromatic rings. The minimum absolute atomic E-state index is 0.149. The second-order valence-electron chi connectivity index (χ2n) is 5.80. The number of aromatic nitrogens is 1. The average molecular weight is 535 g/mol. The summed E-state index contributed by atoms with van der Waals surface area (Å²) in [5, 5.41) is 12.5. The summed E-state index contributed by atoms with van der Waals surface area (Å²) < 4.78 is 7.23.